The van der Waals surface area contributed by atoms with Crippen molar-refractivity contribution in [3.8, 4) is 5.75 Å². The first-order valence-corrected chi connectivity index (χ1v) is 9.28. The molecule has 0 aliphatic rings. The first-order chi connectivity index (χ1) is 12.7. The molecule has 148 valence electrons. The third kappa shape index (κ3) is 8.60. The van der Waals surface area contributed by atoms with E-state index in [4.69, 9.17) is 4.74 Å². The van der Waals surface area contributed by atoms with Gasteiger partial charge in [0.25, 0.3) is 0 Å². The van der Waals surface area contributed by atoms with E-state index in [0.29, 0.717) is 6.54 Å². The number of hydrogen-bond donors (Lipinski definition) is 2. The third-order valence-corrected chi connectivity index (χ3v) is 4.19. The summed E-state index contributed by atoms with van der Waals surface area (Å²) in [4.78, 5) is 9.03. The van der Waals surface area contributed by atoms with E-state index < -0.39 is 0 Å². The van der Waals surface area contributed by atoms with Crippen molar-refractivity contribution in [3.63, 3.8) is 0 Å². The van der Waals surface area contributed by atoms with E-state index in [9.17, 15) is 0 Å². The van der Waals surface area contributed by atoms with E-state index >= 15 is 0 Å². The SMILES string of the molecule is CCNC(=NCc1ncccc1C)NCCCCc1ccc(OC)cc1.I. The number of guanidine groups is 1. The molecule has 1 heterocycles. The average molecular weight is 482 g/mol. The molecule has 1 aromatic carbocycles. The summed E-state index contributed by atoms with van der Waals surface area (Å²) in [7, 11) is 1.69. The fourth-order valence-corrected chi connectivity index (χ4v) is 2.63. The van der Waals surface area contributed by atoms with Gasteiger partial charge in [-0.15, -0.1) is 24.0 Å². The maximum absolute atomic E-state index is 5.19. The summed E-state index contributed by atoms with van der Waals surface area (Å²) in [5.41, 5.74) is 3.53. The molecule has 0 bridgehead atoms. The molecule has 27 heavy (non-hydrogen) atoms. The predicted octanol–water partition coefficient (Wildman–Crippen LogP) is 4.09. The minimum Gasteiger partial charge on any atom is -0.497 e. The Labute approximate surface area is 180 Å². The van der Waals surface area contributed by atoms with Gasteiger partial charge in [0.15, 0.2) is 5.96 Å². The highest BCUT2D eigenvalue weighted by molar-refractivity contribution is 14.0. The second kappa shape index (κ2) is 13.4. The Morgan fingerprint density at radius 2 is 1.89 bits per heavy atom. The molecule has 6 heteroatoms. The molecule has 1 aromatic heterocycles. The topological polar surface area (TPSA) is 58.5 Å². The van der Waals surface area contributed by atoms with Crippen molar-refractivity contribution in [2.75, 3.05) is 20.2 Å². The molecule has 0 aliphatic heterocycles. The molecule has 0 radical (unpaired) electrons. The second-order valence-electron chi connectivity index (χ2n) is 6.19. The number of pyridine rings is 1. The quantitative estimate of drug-likeness (QED) is 0.245. The number of unbranched alkanes of at least 4 members (excludes halogenated alkanes) is 1. The van der Waals surface area contributed by atoms with Crippen LogP contribution in [0.4, 0.5) is 0 Å². The Morgan fingerprint density at radius 3 is 2.56 bits per heavy atom. The molecule has 0 aliphatic carbocycles. The highest BCUT2D eigenvalue weighted by Crippen LogP contribution is 2.13. The number of benzene rings is 1. The second-order valence-corrected chi connectivity index (χ2v) is 6.19. The lowest BCUT2D eigenvalue weighted by molar-refractivity contribution is 0.414. The molecule has 0 saturated heterocycles. The summed E-state index contributed by atoms with van der Waals surface area (Å²) in [5.74, 6) is 1.76. The number of hydrogen-bond acceptors (Lipinski definition) is 3. The van der Waals surface area contributed by atoms with Gasteiger partial charge in [-0.05, 0) is 62.4 Å². The Balaban J connectivity index is 0.00000364. The standard InChI is InChI=1S/C21H30N4O.HI/c1-4-22-21(25-16-20-17(2)8-7-15-23-20)24-14-6-5-9-18-10-12-19(26-3)13-11-18;/h7-8,10-13,15H,4-6,9,14,16H2,1-3H3,(H2,22,24,25);1H. The molecule has 0 saturated carbocycles. The number of aryl methyl sites for hydroxylation is 2. The first kappa shape index (κ1) is 23.2. The number of aromatic nitrogens is 1. The van der Waals surface area contributed by atoms with E-state index in [1.165, 1.54) is 11.1 Å². The Bertz CT molecular complexity index is 689. The van der Waals surface area contributed by atoms with Crippen LogP contribution in [0.3, 0.4) is 0 Å². The van der Waals surface area contributed by atoms with Crippen LogP contribution in [0, 0.1) is 6.92 Å². The van der Waals surface area contributed by atoms with Crippen molar-refractivity contribution in [1.82, 2.24) is 15.6 Å². The van der Waals surface area contributed by atoms with Gasteiger partial charge in [-0.25, -0.2) is 4.99 Å². The average Bonchev–Trinajstić information content (AvgIpc) is 2.67. The van der Waals surface area contributed by atoms with Crippen LogP contribution in [0.15, 0.2) is 47.6 Å². The molecular formula is C21H31IN4O. The van der Waals surface area contributed by atoms with Gasteiger partial charge in [0.1, 0.15) is 5.75 Å². The molecule has 5 nitrogen and oxygen atoms in total. The lowest BCUT2D eigenvalue weighted by Crippen LogP contribution is -2.37. The number of aliphatic imine (C=N–C) groups is 1. The molecule has 0 atom stereocenters. The van der Waals surface area contributed by atoms with Crippen LogP contribution < -0.4 is 15.4 Å². The van der Waals surface area contributed by atoms with Gasteiger partial charge in [-0.1, -0.05) is 18.2 Å². The third-order valence-electron chi connectivity index (χ3n) is 4.19. The molecular weight excluding hydrogens is 451 g/mol. The van der Waals surface area contributed by atoms with E-state index in [1.807, 2.05) is 24.4 Å². The minimum atomic E-state index is 0. The van der Waals surface area contributed by atoms with Crippen LogP contribution >= 0.6 is 24.0 Å². The molecule has 2 aromatic rings. The maximum atomic E-state index is 5.19. The number of nitrogens with zero attached hydrogens (tertiary/aromatic N) is 2. The van der Waals surface area contributed by atoms with E-state index in [-0.39, 0.29) is 24.0 Å². The van der Waals surface area contributed by atoms with Crippen molar-refractivity contribution in [3.05, 3.63) is 59.4 Å². The van der Waals surface area contributed by atoms with Gasteiger partial charge < -0.3 is 15.4 Å². The highest BCUT2D eigenvalue weighted by atomic mass is 127. The number of methoxy groups -OCH3 is 1. The summed E-state index contributed by atoms with van der Waals surface area (Å²) in [5, 5.41) is 6.70. The van der Waals surface area contributed by atoms with Gasteiger partial charge >= 0.3 is 0 Å². The van der Waals surface area contributed by atoms with Crippen LogP contribution in [0.2, 0.25) is 0 Å². The van der Waals surface area contributed by atoms with E-state index in [0.717, 1.165) is 49.8 Å². The van der Waals surface area contributed by atoms with Crippen LogP contribution in [0.5, 0.6) is 5.75 Å². The van der Waals surface area contributed by atoms with Crippen molar-refractivity contribution in [2.24, 2.45) is 4.99 Å². The summed E-state index contributed by atoms with van der Waals surface area (Å²) >= 11 is 0. The van der Waals surface area contributed by atoms with Crippen molar-refractivity contribution >= 4 is 29.9 Å². The summed E-state index contributed by atoms with van der Waals surface area (Å²) in [6, 6.07) is 12.3. The van der Waals surface area contributed by atoms with Gasteiger partial charge in [0.2, 0.25) is 0 Å². The van der Waals surface area contributed by atoms with Gasteiger partial charge in [0.05, 0.1) is 19.3 Å². The Morgan fingerprint density at radius 1 is 1.11 bits per heavy atom. The van der Waals surface area contributed by atoms with E-state index in [2.05, 4.69) is 52.7 Å². The smallest absolute Gasteiger partial charge is 0.191 e. The van der Waals surface area contributed by atoms with Gasteiger partial charge in [-0.2, -0.15) is 0 Å². The number of nitrogens with one attached hydrogen (secondary N) is 2. The van der Waals surface area contributed by atoms with Crippen LogP contribution in [-0.2, 0) is 13.0 Å². The lowest BCUT2D eigenvalue weighted by atomic mass is 10.1. The fourth-order valence-electron chi connectivity index (χ4n) is 2.63. The van der Waals surface area contributed by atoms with Crippen molar-refractivity contribution in [2.45, 2.75) is 39.7 Å². The minimum absolute atomic E-state index is 0. The van der Waals surface area contributed by atoms with Gasteiger partial charge in [0, 0.05) is 19.3 Å². The van der Waals surface area contributed by atoms with Gasteiger partial charge in [-0.3, -0.25) is 4.98 Å². The number of rotatable bonds is 9. The zero-order valence-corrected chi connectivity index (χ0v) is 18.8. The predicted molar refractivity (Wildman–Crippen MR) is 123 cm³/mol. The molecule has 2 N–H and O–H groups in total. The summed E-state index contributed by atoms with van der Waals surface area (Å²) < 4.78 is 5.19. The van der Waals surface area contributed by atoms with E-state index in [1.54, 1.807) is 7.11 Å². The summed E-state index contributed by atoms with van der Waals surface area (Å²) in [6.45, 7) is 6.49. The fraction of sp³-hybridized carbons (Fsp3) is 0.429. The molecule has 0 unspecified atom stereocenters. The van der Waals surface area contributed by atoms with Crippen LogP contribution in [-0.4, -0.2) is 31.1 Å². The highest BCUT2D eigenvalue weighted by Gasteiger charge is 2.01. The number of ether oxygens (including phenoxy) is 1. The Hall–Kier alpha value is -1.83. The first-order valence-electron chi connectivity index (χ1n) is 9.28. The normalized spacial score (nSPS) is 10.9. The summed E-state index contributed by atoms with van der Waals surface area (Å²) in [6.07, 6.45) is 5.13. The van der Waals surface area contributed by atoms with Crippen LogP contribution in [0.25, 0.3) is 0 Å². The largest absolute Gasteiger partial charge is 0.497 e. The zero-order chi connectivity index (χ0) is 18.6. The molecule has 0 fully saturated rings. The van der Waals surface area contributed by atoms with Crippen molar-refractivity contribution in [1.29, 1.82) is 0 Å². The molecule has 0 spiro atoms. The lowest BCUT2D eigenvalue weighted by Gasteiger charge is -2.11. The molecule has 2 rings (SSSR count). The maximum Gasteiger partial charge on any atom is 0.191 e. The Kier molecular flexibility index (Phi) is 11.5. The zero-order valence-electron chi connectivity index (χ0n) is 16.5. The number of halogens is 1. The molecule has 0 amide bonds. The van der Waals surface area contributed by atoms with Crippen molar-refractivity contribution < 1.29 is 4.74 Å². The monoisotopic (exact) mass is 482 g/mol. The van der Waals surface area contributed by atoms with Crippen LogP contribution in [0.1, 0.15) is 36.6 Å².